The molecule has 29 heavy (non-hydrogen) atoms. The predicted octanol–water partition coefficient (Wildman–Crippen LogP) is 4.88. The van der Waals surface area contributed by atoms with Gasteiger partial charge in [0.1, 0.15) is 0 Å². The number of benzene rings is 2. The molecule has 0 heterocycles. The van der Waals surface area contributed by atoms with Crippen molar-refractivity contribution in [3.63, 3.8) is 0 Å². The van der Waals surface area contributed by atoms with E-state index in [1.807, 2.05) is 20.8 Å². The number of esters is 1. The Morgan fingerprint density at radius 3 is 1.83 bits per heavy atom. The molecule has 0 aliphatic heterocycles. The average molecular weight is 396 g/mol. The Labute approximate surface area is 171 Å². The van der Waals surface area contributed by atoms with Crippen LogP contribution in [0.25, 0.3) is 0 Å². The first kappa shape index (κ1) is 22.1. The van der Waals surface area contributed by atoms with Gasteiger partial charge in [0.25, 0.3) is 5.91 Å². The van der Waals surface area contributed by atoms with E-state index >= 15 is 0 Å². The molecule has 2 aromatic carbocycles. The molecular formula is C23H28N2O4. The molecule has 0 saturated heterocycles. The van der Waals surface area contributed by atoms with Crippen LogP contribution in [0.5, 0.6) is 0 Å². The largest absolute Gasteiger partial charge is 0.462 e. The van der Waals surface area contributed by atoms with Gasteiger partial charge in [0.2, 0.25) is 5.91 Å². The van der Waals surface area contributed by atoms with Crippen LogP contribution in [0.4, 0.5) is 11.4 Å². The standard InChI is InChI=1S/C23H28N2O4/c1-4-15-29-23(28)18-9-13-20(14-10-18)25-22(27)17-7-11-19(12-8-17)24-21(26)16(5-2)6-3/h7-14,16H,4-6,15H2,1-3H3,(H,24,26)(H,25,27). The monoisotopic (exact) mass is 396 g/mol. The summed E-state index contributed by atoms with van der Waals surface area (Å²) in [5.41, 5.74) is 2.15. The van der Waals surface area contributed by atoms with Gasteiger partial charge in [-0.1, -0.05) is 20.8 Å². The molecule has 0 saturated carbocycles. The topological polar surface area (TPSA) is 84.5 Å². The van der Waals surface area contributed by atoms with Crippen molar-refractivity contribution < 1.29 is 19.1 Å². The summed E-state index contributed by atoms with van der Waals surface area (Å²) in [7, 11) is 0. The molecule has 6 nitrogen and oxygen atoms in total. The molecule has 154 valence electrons. The van der Waals surface area contributed by atoms with Crippen molar-refractivity contribution in [1.29, 1.82) is 0 Å². The highest BCUT2D eigenvalue weighted by atomic mass is 16.5. The van der Waals surface area contributed by atoms with Gasteiger partial charge in [0, 0.05) is 22.9 Å². The maximum absolute atomic E-state index is 12.4. The number of carbonyl (C=O) groups is 3. The first-order valence-electron chi connectivity index (χ1n) is 9.97. The number of amides is 2. The van der Waals surface area contributed by atoms with Gasteiger partial charge >= 0.3 is 5.97 Å². The second-order valence-electron chi connectivity index (χ2n) is 6.75. The minimum atomic E-state index is -0.379. The molecule has 0 spiro atoms. The third-order valence-electron chi connectivity index (χ3n) is 4.59. The number of rotatable bonds is 9. The number of anilines is 2. The Morgan fingerprint density at radius 2 is 1.31 bits per heavy atom. The molecule has 0 bridgehead atoms. The third-order valence-corrected chi connectivity index (χ3v) is 4.59. The Bertz CT molecular complexity index is 825. The lowest BCUT2D eigenvalue weighted by Gasteiger charge is -2.13. The molecule has 2 aromatic rings. The zero-order valence-corrected chi connectivity index (χ0v) is 17.2. The molecule has 0 fully saturated rings. The van der Waals surface area contributed by atoms with Gasteiger partial charge in [0.15, 0.2) is 0 Å². The van der Waals surface area contributed by atoms with E-state index in [2.05, 4.69) is 10.6 Å². The molecule has 0 radical (unpaired) electrons. The van der Waals surface area contributed by atoms with Crippen LogP contribution in [0.15, 0.2) is 48.5 Å². The van der Waals surface area contributed by atoms with E-state index in [1.54, 1.807) is 48.5 Å². The van der Waals surface area contributed by atoms with Gasteiger partial charge in [-0.15, -0.1) is 0 Å². The summed E-state index contributed by atoms with van der Waals surface area (Å²) in [6, 6.07) is 13.3. The van der Waals surface area contributed by atoms with Crippen LogP contribution < -0.4 is 10.6 Å². The van der Waals surface area contributed by atoms with E-state index in [0.717, 1.165) is 19.3 Å². The maximum atomic E-state index is 12.4. The molecule has 2 amide bonds. The fraction of sp³-hybridized carbons (Fsp3) is 0.348. The molecule has 0 atom stereocenters. The molecule has 0 aliphatic rings. The molecule has 6 heteroatoms. The molecule has 0 unspecified atom stereocenters. The molecule has 2 rings (SSSR count). The Morgan fingerprint density at radius 1 is 0.793 bits per heavy atom. The van der Waals surface area contributed by atoms with Gasteiger partial charge < -0.3 is 15.4 Å². The van der Waals surface area contributed by atoms with Crippen LogP contribution in [0.2, 0.25) is 0 Å². The zero-order chi connectivity index (χ0) is 21.2. The van der Waals surface area contributed by atoms with Crippen molar-refractivity contribution in [2.75, 3.05) is 17.2 Å². The van der Waals surface area contributed by atoms with E-state index in [9.17, 15) is 14.4 Å². The first-order chi connectivity index (χ1) is 14.0. The maximum Gasteiger partial charge on any atom is 0.338 e. The van der Waals surface area contributed by atoms with E-state index in [0.29, 0.717) is 29.1 Å². The third kappa shape index (κ3) is 6.45. The van der Waals surface area contributed by atoms with Crippen LogP contribution in [0, 0.1) is 5.92 Å². The van der Waals surface area contributed by atoms with Gasteiger partial charge in [-0.25, -0.2) is 4.79 Å². The van der Waals surface area contributed by atoms with Crippen molar-refractivity contribution in [3.05, 3.63) is 59.7 Å². The van der Waals surface area contributed by atoms with Gasteiger partial charge in [-0.2, -0.15) is 0 Å². The Hall–Kier alpha value is -3.15. The SMILES string of the molecule is CCCOC(=O)c1ccc(NC(=O)c2ccc(NC(=O)C(CC)CC)cc2)cc1. The lowest BCUT2D eigenvalue weighted by atomic mass is 10.0. The average Bonchev–Trinajstić information content (AvgIpc) is 2.74. The lowest BCUT2D eigenvalue weighted by Crippen LogP contribution is -2.21. The highest BCUT2D eigenvalue weighted by Crippen LogP contribution is 2.16. The highest BCUT2D eigenvalue weighted by Gasteiger charge is 2.14. The van der Waals surface area contributed by atoms with Crippen molar-refractivity contribution in [1.82, 2.24) is 0 Å². The summed E-state index contributed by atoms with van der Waals surface area (Å²) in [5.74, 6) is -0.676. The van der Waals surface area contributed by atoms with E-state index in [-0.39, 0.29) is 23.7 Å². The summed E-state index contributed by atoms with van der Waals surface area (Å²) >= 11 is 0. The fourth-order valence-corrected chi connectivity index (χ4v) is 2.78. The van der Waals surface area contributed by atoms with Crippen molar-refractivity contribution in [3.8, 4) is 0 Å². The van der Waals surface area contributed by atoms with Crippen LogP contribution in [-0.2, 0) is 9.53 Å². The number of ether oxygens (including phenoxy) is 1. The van der Waals surface area contributed by atoms with E-state index in [4.69, 9.17) is 4.74 Å². The summed E-state index contributed by atoms with van der Waals surface area (Å²) in [5, 5.41) is 5.66. The van der Waals surface area contributed by atoms with Crippen LogP contribution in [0.1, 0.15) is 60.7 Å². The van der Waals surface area contributed by atoms with E-state index < -0.39 is 0 Å². The van der Waals surface area contributed by atoms with Crippen molar-refractivity contribution in [2.24, 2.45) is 5.92 Å². The smallest absolute Gasteiger partial charge is 0.338 e. The highest BCUT2D eigenvalue weighted by molar-refractivity contribution is 6.05. The number of hydrogen-bond donors (Lipinski definition) is 2. The van der Waals surface area contributed by atoms with Crippen LogP contribution in [0.3, 0.4) is 0 Å². The van der Waals surface area contributed by atoms with Gasteiger partial charge in [0.05, 0.1) is 12.2 Å². The Kier molecular flexibility index (Phi) is 8.40. The Balaban J connectivity index is 1.95. The number of nitrogens with one attached hydrogen (secondary N) is 2. The second-order valence-corrected chi connectivity index (χ2v) is 6.75. The van der Waals surface area contributed by atoms with Gasteiger partial charge in [-0.3, -0.25) is 9.59 Å². The minimum absolute atomic E-state index is 0.00949. The molecule has 0 aromatic heterocycles. The summed E-state index contributed by atoms with van der Waals surface area (Å²) in [4.78, 5) is 36.4. The first-order valence-corrected chi connectivity index (χ1v) is 9.97. The van der Waals surface area contributed by atoms with Crippen LogP contribution in [-0.4, -0.2) is 24.4 Å². The fourth-order valence-electron chi connectivity index (χ4n) is 2.78. The normalized spacial score (nSPS) is 10.5. The summed E-state index contributed by atoms with van der Waals surface area (Å²) in [6.45, 7) is 6.29. The van der Waals surface area contributed by atoms with Crippen molar-refractivity contribution in [2.45, 2.75) is 40.0 Å². The van der Waals surface area contributed by atoms with Crippen LogP contribution >= 0.6 is 0 Å². The lowest BCUT2D eigenvalue weighted by molar-refractivity contribution is -0.120. The second kappa shape index (κ2) is 11.0. The summed E-state index contributed by atoms with van der Waals surface area (Å²) in [6.07, 6.45) is 2.34. The minimum Gasteiger partial charge on any atom is -0.462 e. The molecule has 2 N–H and O–H groups in total. The zero-order valence-electron chi connectivity index (χ0n) is 17.2. The number of hydrogen-bond acceptors (Lipinski definition) is 4. The number of carbonyl (C=O) groups excluding carboxylic acids is 3. The molecule has 0 aliphatic carbocycles. The van der Waals surface area contributed by atoms with Crippen molar-refractivity contribution >= 4 is 29.2 Å². The van der Waals surface area contributed by atoms with E-state index in [1.165, 1.54) is 0 Å². The molecular weight excluding hydrogens is 368 g/mol. The van der Waals surface area contributed by atoms with Gasteiger partial charge in [-0.05, 0) is 67.8 Å². The summed E-state index contributed by atoms with van der Waals surface area (Å²) < 4.78 is 5.08. The quantitative estimate of drug-likeness (QED) is 0.592. The predicted molar refractivity (Wildman–Crippen MR) is 114 cm³/mol.